The van der Waals surface area contributed by atoms with E-state index in [1.807, 2.05) is 78.4 Å². The number of phenols is 1. The van der Waals surface area contributed by atoms with E-state index in [0.29, 0.717) is 29.8 Å². The predicted molar refractivity (Wildman–Crippen MR) is 125 cm³/mol. The summed E-state index contributed by atoms with van der Waals surface area (Å²) in [6.07, 6.45) is 3.80. The number of aliphatic imine (C=N–C) groups is 1. The van der Waals surface area contributed by atoms with E-state index in [9.17, 15) is 9.90 Å². The van der Waals surface area contributed by atoms with Gasteiger partial charge < -0.3 is 14.4 Å². The number of carbonyl (C=O) groups is 1. The second kappa shape index (κ2) is 9.68. The molecule has 1 aliphatic heterocycles. The highest BCUT2D eigenvalue weighted by Gasteiger charge is 2.33. The number of ether oxygens (including phenoxy) is 1. The number of benzene rings is 2. The van der Waals surface area contributed by atoms with Crippen molar-refractivity contribution in [3.63, 3.8) is 0 Å². The van der Waals surface area contributed by atoms with Crippen LogP contribution in [0.1, 0.15) is 12.6 Å². The number of amidine groups is 1. The van der Waals surface area contributed by atoms with Crippen LogP contribution in [0.25, 0.3) is 11.8 Å². The second-order valence-electron chi connectivity index (χ2n) is 6.81. The van der Waals surface area contributed by atoms with Gasteiger partial charge in [-0.3, -0.25) is 9.69 Å². The maximum absolute atomic E-state index is 13.2. The lowest BCUT2D eigenvalue weighted by Crippen LogP contribution is -2.32. The molecule has 4 rings (SSSR count). The third kappa shape index (κ3) is 4.90. The fourth-order valence-electron chi connectivity index (χ4n) is 3.20. The molecule has 0 bridgehead atoms. The molecule has 0 atom stereocenters. The highest BCUT2D eigenvalue weighted by Crippen LogP contribution is 2.34. The summed E-state index contributed by atoms with van der Waals surface area (Å²) in [6.45, 7) is 3.43. The molecule has 3 aromatic rings. The highest BCUT2D eigenvalue weighted by molar-refractivity contribution is 8.18. The molecule has 0 spiro atoms. The van der Waals surface area contributed by atoms with Crippen molar-refractivity contribution >= 4 is 34.6 Å². The van der Waals surface area contributed by atoms with E-state index >= 15 is 0 Å². The number of amides is 1. The van der Waals surface area contributed by atoms with Gasteiger partial charge in [-0.2, -0.15) is 0 Å². The molecule has 1 N–H and O–H groups in total. The van der Waals surface area contributed by atoms with E-state index in [-0.39, 0.29) is 11.7 Å². The largest absolute Gasteiger partial charge is 0.508 e. The number of hydrogen-bond donors (Lipinski definition) is 1. The first-order chi connectivity index (χ1) is 15.2. The van der Waals surface area contributed by atoms with Crippen molar-refractivity contribution in [3.8, 4) is 11.4 Å². The molecule has 1 amide bonds. The fraction of sp³-hybridized carbons (Fsp3) is 0.167. The lowest BCUT2D eigenvalue weighted by Gasteiger charge is -2.15. The smallest absolute Gasteiger partial charge is 0.266 e. The normalized spacial score (nSPS) is 16.5. The van der Waals surface area contributed by atoms with Crippen LogP contribution < -0.4 is 0 Å². The van der Waals surface area contributed by atoms with Gasteiger partial charge in [0.15, 0.2) is 5.17 Å². The maximum atomic E-state index is 13.2. The maximum Gasteiger partial charge on any atom is 0.266 e. The van der Waals surface area contributed by atoms with Crippen LogP contribution in [0.5, 0.6) is 5.75 Å². The summed E-state index contributed by atoms with van der Waals surface area (Å²) in [6, 6.07) is 20.4. The first-order valence-electron chi connectivity index (χ1n) is 10.1. The summed E-state index contributed by atoms with van der Waals surface area (Å²) in [5.74, 6) is 0.127. The molecule has 2 aromatic carbocycles. The lowest BCUT2D eigenvalue weighted by atomic mass is 10.3. The van der Waals surface area contributed by atoms with Gasteiger partial charge in [0.2, 0.25) is 0 Å². The zero-order chi connectivity index (χ0) is 21.6. The summed E-state index contributed by atoms with van der Waals surface area (Å²) >= 11 is 1.36. The van der Waals surface area contributed by atoms with Gasteiger partial charge >= 0.3 is 0 Å². The first kappa shape index (κ1) is 21.0. The molecule has 1 saturated heterocycles. The van der Waals surface area contributed by atoms with Crippen molar-refractivity contribution in [2.45, 2.75) is 6.92 Å². The number of thioether (sulfide) groups is 1. The number of aromatic nitrogens is 1. The molecular formula is C24H23N3O3S. The molecule has 7 heteroatoms. The standard InChI is InChI=1S/C24H23N3O3S/c1-2-30-16-15-27-23(29)22(31-24(27)25-18-7-4-3-5-8-18)17-20-9-6-14-26(20)19-10-12-21(28)13-11-19/h3-14,17,28H,2,15-16H2,1H3/b22-17+,25-24?. The Labute approximate surface area is 185 Å². The van der Waals surface area contributed by atoms with Crippen molar-refractivity contribution in [3.05, 3.63) is 83.5 Å². The zero-order valence-corrected chi connectivity index (χ0v) is 18.0. The van der Waals surface area contributed by atoms with Gasteiger partial charge in [0.25, 0.3) is 5.91 Å². The van der Waals surface area contributed by atoms with Crippen LogP contribution in [0.3, 0.4) is 0 Å². The third-order valence-corrected chi connectivity index (χ3v) is 5.73. The van der Waals surface area contributed by atoms with Gasteiger partial charge in [0.05, 0.1) is 23.7 Å². The van der Waals surface area contributed by atoms with E-state index in [1.165, 1.54) is 11.8 Å². The number of phenolic OH excluding ortho intramolecular Hbond substituents is 1. The Balaban J connectivity index is 1.65. The number of rotatable bonds is 7. The molecule has 31 heavy (non-hydrogen) atoms. The summed E-state index contributed by atoms with van der Waals surface area (Å²) in [5.41, 5.74) is 2.57. The van der Waals surface area contributed by atoms with E-state index < -0.39 is 0 Å². The Hall–Kier alpha value is -3.29. The van der Waals surface area contributed by atoms with Crippen LogP contribution in [-0.2, 0) is 9.53 Å². The highest BCUT2D eigenvalue weighted by atomic mass is 32.2. The molecule has 0 radical (unpaired) electrons. The van der Waals surface area contributed by atoms with Gasteiger partial charge in [-0.25, -0.2) is 4.99 Å². The number of hydrogen-bond acceptors (Lipinski definition) is 5. The summed E-state index contributed by atoms with van der Waals surface area (Å²) in [5, 5.41) is 10.2. The topological polar surface area (TPSA) is 67.1 Å². The summed E-state index contributed by atoms with van der Waals surface area (Å²) < 4.78 is 7.44. The van der Waals surface area contributed by atoms with Gasteiger partial charge in [-0.15, -0.1) is 0 Å². The molecule has 1 fully saturated rings. The number of aromatic hydroxyl groups is 1. The Kier molecular flexibility index (Phi) is 6.54. The van der Waals surface area contributed by atoms with Crippen molar-refractivity contribution in [1.29, 1.82) is 0 Å². The van der Waals surface area contributed by atoms with Gasteiger partial charge in [0.1, 0.15) is 5.75 Å². The quantitative estimate of drug-likeness (QED) is 0.428. The van der Waals surface area contributed by atoms with Crippen molar-refractivity contribution in [2.75, 3.05) is 19.8 Å². The van der Waals surface area contributed by atoms with Gasteiger partial charge in [-0.1, -0.05) is 18.2 Å². The van der Waals surface area contributed by atoms with Crippen LogP contribution in [0.15, 0.2) is 82.8 Å². The van der Waals surface area contributed by atoms with E-state index in [0.717, 1.165) is 17.1 Å². The first-order valence-corrected chi connectivity index (χ1v) is 10.9. The van der Waals surface area contributed by atoms with E-state index in [1.54, 1.807) is 17.0 Å². The molecule has 0 aliphatic carbocycles. The molecule has 158 valence electrons. The molecule has 1 aliphatic rings. The minimum atomic E-state index is -0.0853. The van der Waals surface area contributed by atoms with Crippen LogP contribution in [0.4, 0.5) is 5.69 Å². The summed E-state index contributed by atoms with van der Waals surface area (Å²) in [4.78, 5) is 20.1. The average molecular weight is 434 g/mol. The third-order valence-electron chi connectivity index (χ3n) is 4.72. The molecule has 6 nitrogen and oxygen atoms in total. The van der Waals surface area contributed by atoms with Crippen molar-refractivity contribution < 1.29 is 14.6 Å². The minimum Gasteiger partial charge on any atom is -0.508 e. The number of para-hydroxylation sites is 1. The molecule has 1 aromatic heterocycles. The fourth-order valence-corrected chi connectivity index (χ4v) is 4.21. The van der Waals surface area contributed by atoms with E-state index in [4.69, 9.17) is 9.73 Å². The van der Waals surface area contributed by atoms with Crippen LogP contribution in [0, 0.1) is 0 Å². The monoisotopic (exact) mass is 433 g/mol. The zero-order valence-electron chi connectivity index (χ0n) is 17.1. The van der Waals surface area contributed by atoms with E-state index in [2.05, 4.69) is 0 Å². The van der Waals surface area contributed by atoms with Crippen LogP contribution in [0.2, 0.25) is 0 Å². The Morgan fingerprint density at radius 2 is 1.84 bits per heavy atom. The Bertz CT molecular complexity index is 1100. The molecule has 2 heterocycles. The molecular weight excluding hydrogens is 410 g/mol. The van der Waals surface area contributed by atoms with Crippen LogP contribution in [-0.4, -0.2) is 45.4 Å². The van der Waals surface area contributed by atoms with Crippen molar-refractivity contribution in [1.82, 2.24) is 9.47 Å². The average Bonchev–Trinajstić information content (AvgIpc) is 3.35. The van der Waals surface area contributed by atoms with Crippen molar-refractivity contribution in [2.24, 2.45) is 4.99 Å². The molecule has 0 saturated carbocycles. The molecule has 0 unspecified atom stereocenters. The van der Waals surface area contributed by atoms with Gasteiger partial charge in [0, 0.05) is 24.2 Å². The summed E-state index contributed by atoms with van der Waals surface area (Å²) in [7, 11) is 0. The predicted octanol–water partition coefficient (Wildman–Crippen LogP) is 4.82. The van der Waals surface area contributed by atoms with Crippen LogP contribution >= 0.6 is 11.8 Å². The number of carbonyl (C=O) groups excluding carboxylic acids is 1. The SMILES string of the molecule is CCOCCN1C(=O)/C(=C\c2cccn2-c2ccc(O)cc2)SC1=Nc1ccccc1. The number of nitrogens with zero attached hydrogens (tertiary/aromatic N) is 3. The second-order valence-corrected chi connectivity index (χ2v) is 7.82. The lowest BCUT2D eigenvalue weighted by molar-refractivity contribution is -0.122. The Morgan fingerprint density at radius 1 is 1.06 bits per heavy atom. The Morgan fingerprint density at radius 3 is 2.58 bits per heavy atom. The minimum absolute atomic E-state index is 0.0853. The van der Waals surface area contributed by atoms with Gasteiger partial charge in [-0.05, 0) is 73.3 Å².